The van der Waals surface area contributed by atoms with Gasteiger partial charge in [0.25, 0.3) is 0 Å². The minimum atomic E-state index is -0.646. The maximum Gasteiger partial charge on any atom is 0.244 e. The Morgan fingerprint density at radius 3 is 2.61 bits per heavy atom. The van der Waals surface area contributed by atoms with E-state index in [2.05, 4.69) is 10.3 Å². The van der Waals surface area contributed by atoms with Crippen molar-refractivity contribution in [2.75, 3.05) is 13.1 Å². The fourth-order valence-electron chi connectivity index (χ4n) is 2.14. The molecular formula is C12H20N4O2. The fourth-order valence-corrected chi connectivity index (χ4v) is 2.14. The van der Waals surface area contributed by atoms with Crippen LogP contribution in [0.3, 0.4) is 0 Å². The lowest BCUT2D eigenvalue weighted by atomic mass is 10.2. The lowest BCUT2D eigenvalue weighted by molar-refractivity contribution is -0.132. The Kier molecular flexibility index (Phi) is 4.30. The van der Waals surface area contributed by atoms with Crippen molar-refractivity contribution in [3.05, 3.63) is 11.9 Å². The van der Waals surface area contributed by atoms with E-state index in [1.54, 1.807) is 13.1 Å². The van der Waals surface area contributed by atoms with E-state index >= 15 is 0 Å². The summed E-state index contributed by atoms with van der Waals surface area (Å²) in [6, 6.07) is 0. The average Bonchev–Trinajstić information content (AvgIpc) is 2.64. The van der Waals surface area contributed by atoms with Crippen LogP contribution in [0.2, 0.25) is 0 Å². The van der Waals surface area contributed by atoms with Crippen molar-refractivity contribution < 1.29 is 9.90 Å². The van der Waals surface area contributed by atoms with Gasteiger partial charge in [-0.05, 0) is 19.8 Å². The summed E-state index contributed by atoms with van der Waals surface area (Å²) in [4.78, 5) is 14.0. The highest BCUT2D eigenvalue weighted by Gasteiger charge is 2.16. The van der Waals surface area contributed by atoms with Gasteiger partial charge in [0.1, 0.15) is 12.2 Å². The van der Waals surface area contributed by atoms with Gasteiger partial charge in [-0.15, -0.1) is 5.10 Å². The van der Waals surface area contributed by atoms with Crippen molar-refractivity contribution in [3.63, 3.8) is 0 Å². The molecule has 1 fully saturated rings. The molecule has 1 aromatic rings. The number of hydrogen-bond acceptors (Lipinski definition) is 4. The monoisotopic (exact) mass is 252 g/mol. The molecule has 18 heavy (non-hydrogen) atoms. The SMILES string of the molecule is CC(O)c1cn(CC(=O)N2CCCCCC2)nn1. The summed E-state index contributed by atoms with van der Waals surface area (Å²) in [7, 11) is 0. The van der Waals surface area contributed by atoms with Crippen LogP contribution >= 0.6 is 0 Å². The summed E-state index contributed by atoms with van der Waals surface area (Å²) in [5.41, 5.74) is 0.499. The summed E-state index contributed by atoms with van der Waals surface area (Å²) < 4.78 is 1.50. The molecular weight excluding hydrogens is 232 g/mol. The normalized spacial score (nSPS) is 18.4. The molecule has 0 aromatic carbocycles. The molecule has 1 N–H and O–H groups in total. The molecule has 1 aromatic heterocycles. The Bertz CT molecular complexity index is 395. The van der Waals surface area contributed by atoms with Gasteiger partial charge in [-0.1, -0.05) is 18.1 Å². The van der Waals surface area contributed by atoms with Crippen molar-refractivity contribution in [1.29, 1.82) is 0 Å². The smallest absolute Gasteiger partial charge is 0.244 e. The van der Waals surface area contributed by atoms with Gasteiger partial charge in [0, 0.05) is 13.1 Å². The summed E-state index contributed by atoms with van der Waals surface area (Å²) in [5, 5.41) is 17.0. The van der Waals surface area contributed by atoms with Crippen LogP contribution in [0.15, 0.2) is 6.20 Å². The Morgan fingerprint density at radius 1 is 1.39 bits per heavy atom. The second kappa shape index (κ2) is 5.95. The van der Waals surface area contributed by atoms with Crippen LogP contribution < -0.4 is 0 Å². The highest BCUT2D eigenvalue weighted by Crippen LogP contribution is 2.11. The van der Waals surface area contributed by atoms with Gasteiger partial charge in [-0.3, -0.25) is 4.79 Å². The number of aliphatic hydroxyl groups is 1. The lowest BCUT2D eigenvalue weighted by Gasteiger charge is -2.19. The third-order valence-electron chi connectivity index (χ3n) is 3.24. The first-order valence-electron chi connectivity index (χ1n) is 6.52. The highest BCUT2D eigenvalue weighted by molar-refractivity contribution is 5.75. The third-order valence-corrected chi connectivity index (χ3v) is 3.24. The van der Waals surface area contributed by atoms with Crippen molar-refractivity contribution in [3.8, 4) is 0 Å². The first-order chi connectivity index (χ1) is 8.66. The molecule has 6 heteroatoms. The molecule has 0 aliphatic carbocycles. The van der Waals surface area contributed by atoms with Crippen LogP contribution in [0.4, 0.5) is 0 Å². The highest BCUT2D eigenvalue weighted by atomic mass is 16.3. The van der Waals surface area contributed by atoms with Gasteiger partial charge in [-0.25, -0.2) is 4.68 Å². The molecule has 6 nitrogen and oxygen atoms in total. The summed E-state index contributed by atoms with van der Waals surface area (Å²) in [6.07, 6.45) is 5.57. The maximum atomic E-state index is 12.1. The van der Waals surface area contributed by atoms with Crippen molar-refractivity contribution in [2.45, 2.75) is 45.3 Å². The minimum absolute atomic E-state index is 0.0824. The van der Waals surface area contributed by atoms with Crippen LogP contribution in [-0.4, -0.2) is 44.0 Å². The second-order valence-corrected chi connectivity index (χ2v) is 4.81. The molecule has 0 radical (unpaired) electrons. The van der Waals surface area contributed by atoms with Crippen molar-refractivity contribution >= 4 is 5.91 Å². The van der Waals surface area contributed by atoms with E-state index in [-0.39, 0.29) is 12.5 Å². The molecule has 1 atom stereocenters. The average molecular weight is 252 g/mol. The standard InChI is InChI=1S/C12H20N4O2/c1-10(17)11-8-16(14-13-11)9-12(18)15-6-4-2-3-5-7-15/h8,10,17H,2-7,9H2,1H3. The Balaban J connectivity index is 1.92. The number of hydrogen-bond donors (Lipinski definition) is 1. The third kappa shape index (κ3) is 3.29. The number of rotatable bonds is 3. The lowest BCUT2D eigenvalue weighted by Crippen LogP contribution is -2.34. The molecule has 1 aliphatic heterocycles. The molecule has 0 saturated carbocycles. The van der Waals surface area contributed by atoms with E-state index in [1.807, 2.05) is 4.90 Å². The van der Waals surface area contributed by atoms with Crippen LogP contribution in [0.25, 0.3) is 0 Å². The number of aliphatic hydroxyl groups excluding tert-OH is 1. The molecule has 100 valence electrons. The van der Waals surface area contributed by atoms with E-state index in [0.717, 1.165) is 25.9 Å². The number of nitrogens with zero attached hydrogens (tertiary/aromatic N) is 4. The predicted molar refractivity (Wildman–Crippen MR) is 65.7 cm³/mol. The van der Waals surface area contributed by atoms with Crippen molar-refractivity contribution in [1.82, 2.24) is 19.9 Å². The molecule has 0 spiro atoms. The first kappa shape index (κ1) is 13.0. The minimum Gasteiger partial charge on any atom is -0.387 e. The molecule has 2 rings (SSSR count). The van der Waals surface area contributed by atoms with E-state index < -0.39 is 6.10 Å². The number of likely N-dealkylation sites (tertiary alicyclic amines) is 1. The molecule has 0 bridgehead atoms. The van der Waals surface area contributed by atoms with Gasteiger partial charge < -0.3 is 10.0 Å². The first-order valence-corrected chi connectivity index (χ1v) is 6.52. The summed E-state index contributed by atoms with van der Waals surface area (Å²) in [5.74, 6) is 0.0824. The molecule has 1 saturated heterocycles. The quantitative estimate of drug-likeness (QED) is 0.861. The van der Waals surface area contributed by atoms with Crippen molar-refractivity contribution in [2.24, 2.45) is 0 Å². The zero-order valence-corrected chi connectivity index (χ0v) is 10.7. The second-order valence-electron chi connectivity index (χ2n) is 4.81. The van der Waals surface area contributed by atoms with E-state index in [9.17, 15) is 9.90 Å². The summed E-state index contributed by atoms with van der Waals surface area (Å²) >= 11 is 0. The van der Waals surface area contributed by atoms with E-state index in [1.165, 1.54) is 17.5 Å². The van der Waals surface area contributed by atoms with E-state index in [4.69, 9.17) is 0 Å². The topological polar surface area (TPSA) is 71.2 Å². The van der Waals surface area contributed by atoms with Crippen LogP contribution in [0.1, 0.15) is 44.4 Å². The van der Waals surface area contributed by atoms with Gasteiger partial charge in [-0.2, -0.15) is 0 Å². The molecule has 1 unspecified atom stereocenters. The van der Waals surface area contributed by atoms with Gasteiger partial charge in [0.05, 0.1) is 12.3 Å². The Labute approximate surface area is 107 Å². The fraction of sp³-hybridized carbons (Fsp3) is 0.750. The zero-order chi connectivity index (χ0) is 13.0. The van der Waals surface area contributed by atoms with Crippen LogP contribution in [0, 0.1) is 0 Å². The Morgan fingerprint density at radius 2 is 2.06 bits per heavy atom. The predicted octanol–water partition coefficient (Wildman–Crippen LogP) is 0.734. The molecule has 2 heterocycles. The number of amides is 1. The number of aromatic nitrogens is 3. The van der Waals surface area contributed by atoms with Gasteiger partial charge in [0.15, 0.2) is 0 Å². The summed E-state index contributed by atoms with van der Waals surface area (Å²) in [6.45, 7) is 3.53. The van der Waals surface area contributed by atoms with Crippen LogP contribution in [0.5, 0.6) is 0 Å². The van der Waals surface area contributed by atoms with Crippen LogP contribution in [-0.2, 0) is 11.3 Å². The molecule has 1 aliphatic rings. The zero-order valence-electron chi connectivity index (χ0n) is 10.7. The number of carbonyl (C=O) groups is 1. The van der Waals surface area contributed by atoms with E-state index in [0.29, 0.717) is 5.69 Å². The largest absolute Gasteiger partial charge is 0.387 e. The number of carbonyl (C=O) groups excluding carboxylic acids is 1. The Hall–Kier alpha value is -1.43. The van der Waals surface area contributed by atoms with Gasteiger partial charge >= 0.3 is 0 Å². The molecule has 1 amide bonds. The van der Waals surface area contributed by atoms with Gasteiger partial charge in [0.2, 0.25) is 5.91 Å². The maximum absolute atomic E-state index is 12.1.